The molecule has 7 nitrogen and oxygen atoms in total. The third-order valence-corrected chi connectivity index (χ3v) is 7.85. The lowest BCUT2D eigenvalue weighted by atomic mass is 9.99. The largest absolute Gasteiger partial charge is 0.335 e. The molecule has 2 saturated heterocycles. The highest BCUT2D eigenvalue weighted by Crippen LogP contribution is 2.37. The molecule has 2 aliphatic rings. The van der Waals surface area contributed by atoms with Crippen molar-refractivity contribution in [2.75, 3.05) is 26.2 Å². The molecule has 0 radical (unpaired) electrons. The lowest BCUT2D eigenvalue weighted by Gasteiger charge is -2.42. The average Bonchev–Trinajstić information content (AvgIpc) is 3.39. The van der Waals surface area contributed by atoms with Crippen molar-refractivity contribution in [3.8, 4) is 23.0 Å². The normalized spacial score (nSPS) is 16.7. The van der Waals surface area contributed by atoms with Crippen LogP contribution in [0.15, 0.2) is 33.8 Å². The first-order chi connectivity index (χ1) is 17.1. The Bertz CT molecular complexity index is 1510. The van der Waals surface area contributed by atoms with Crippen LogP contribution in [0.3, 0.4) is 0 Å². The second kappa shape index (κ2) is 9.41. The first kappa shape index (κ1) is 24.6. The highest BCUT2D eigenvalue weighted by Gasteiger charge is 2.41. The Morgan fingerprint density at radius 1 is 1.31 bits per heavy atom. The molecule has 11 heteroatoms. The minimum Gasteiger partial charge on any atom is -0.335 e. The Morgan fingerprint density at radius 3 is 2.75 bits per heavy atom. The van der Waals surface area contributed by atoms with Crippen LogP contribution in [0.4, 0.5) is 8.78 Å². The molecule has 3 aromatic rings. The van der Waals surface area contributed by atoms with Gasteiger partial charge in [-0.3, -0.25) is 19.0 Å². The lowest BCUT2D eigenvalue weighted by molar-refractivity contribution is -0.144. The zero-order valence-electron chi connectivity index (χ0n) is 19.3. The quantitative estimate of drug-likeness (QED) is 0.446. The maximum atomic E-state index is 14.0. The van der Waals surface area contributed by atoms with Crippen LogP contribution in [0, 0.1) is 17.7 Å². The van der Waals surface area contributed by atoms with E-state index in [4.69, 9.17) is 0 Å². The van der Waals surface area contributed by atoms with Crippen molar-refractivity contribution < 1.29 is 18.4 Å². The van der Waals surface area contributed by atoms with Gasteiger partial charge in [0, 0.05) is 18.5 Å². The second-order valence-corrected chi connectivity index (χ2v) is 11.0. The van der Waals surface area contributed by atoms with Crippen LogP contribution in [0.5, 0.6) is 0 Å². The number of halogens is 3. The molecule has 0 saturated carbocycles. The summed E-state index contributed by atoms with van der Waals surface area (Å²) in [6.07, 6.45) is 2.63. The molecule has 0 unspecified atom stereocenters. The van der Waals surface area contributed by atoms with Crippen LogP contribution in [0.2, 0.25) is 0 Å². The molecular weight excluding hydrogens is 554 g/mol. The third-order valence-electron chi connectivity index (χ3n) is 6.23. The maximum Gasteiger partial charge on any atom is 0.263 e. The Hall–Kier alpha value is -3.10. The van der Waals surface area contributed by atoms with Gasteiger partial charge in [0.1, 0.15) is 22.9 Å². The van der Waals surface area contributed by atoms with Crippen molar-refractivity contribution in [1.82, 2.24) is 19.4 Å². The Morgan fingerprint density at radius 2 is 2.08 bits per heavy atom. The highest BCUT2D eigenvalue weighted by atomic mass is 79.9. The first-order valence-electron chi connectivity index (χ1n) is 11.3. The van der Waals surface area contributed by atoms with E-state index in [0.717, 1.165) is 6.42 Å². The van der Waals surface area contributed by atoms with Gasteiger partial charge in [-0.1, -0.05) is 17.9 Å². The van der Waals surface area contributed by atoms with E-state index in [1.807, 2.05) is 0 Å². The Kier molecular flexibility index (Phi) is 6.43. The number of thiophene rings is 1. The van der Waals surface area contributed by atoms with Crippen LogP contribution in [0.1, 0.15) is 24.6 Å². The van der Waals surface area contributed by atoms with E-state index in [2.05, 4.69) is 32.8 Å². The number of fused-ring (bicyclic) bond motifs is 1. The van der Waals surface area contributed by atoms with Crippen molar-refractivity contribution in [1.29, 1.82) is 0 Å². The standard InChI is InChI=1S/C25H21BrF2N4O3S/c1-25(28)12-32(13-25)20(34)11-31-14-29-23-22(24(31)35)21(15-6-7-17(27)16(26)10-15)18(36-23)4-2-8-30-9-3-5-19(30)33/h6-7,10,14H,3,5,8-9,11-13H2,1H3. The molecule has 2 aliphatic heterocycles. The molecule has 2 fully saturated rings. The van der Waals surface area contributed by atoms with Gasteiger partial charge in [-0.05, 0) is 47.0 Å². The van der Waals surface area contributed by atoms with E-state index in [9.17, 15) is 23.2 Å². The molecule has 186 valence electrons. The summed E-state index contributed by atoms with van der Waals surface area (Å²) in [5.74, 6) is 5.34. The van der Waals surface area contributed by atoms with Gasteiger partial charge < -0.3 is 9.80 Å². The van der Waals surface area contributed by atoms with Gasteiger partial charge in [0.15, 0.2) is 0 Å². The Balaban J connectivity index is 1.56. The lowest BCUT2D eigenvalue weighted by Crippen LogP contribution is -2.60. The van der Waals surface area contributed by atoms with Gasteiger partial charge >= 0.3 is 0 Å². The minimum atomic E-state index is -1.41. The van der Waals surface area contributed by atoms with E-state index in [1.54, 1.807) is 17.0 Å². The van der Waals surface area contributed by atoms with E-state index < -0.39 is 17.0 Å². The second-order valence-electron chi connectivity index (χ2n) is 9.18. The van der Waals surface area contributed by atoms with Gasteiger partial charge in [-0.2, -0.15) is 0 Å². The van der Waals surface area contributed by atoms with Gasteiger partial charge in [0.05, 0.1) is 40.7 Å². The molecule has 2 aromatic heterocycles. The number of likely N-dealkylation sites (tertiary alicyclic amines) is 2. The van der Waals surface area contributed by atoms with Crippen molar-refractivity contribution in [3.05, 3.63) is 50.0 Å². The molecular formula is C25H21BrF2N4O3S. The minimum absolute atomic E-state index is 0.0111. The summed E-state index contributed by atoms with van der Waals surface area (Å²) >= 11 is 4.42. The van der Waals surface area contributed by atoms with E-state index >= 15 is 0 Å². The van der Waals surface area contributed by atoms with E-state index in [0.29, 0.717) is 33.8 Å². The number of alkyl halides is 1. The molecule has 0 atom stereocenters. The summed E-state index contributed by atoms with van der Waals surface area (Å²) in [6, 6.07) is 4.41. The zero-order valence-corrected chi connectivity index (χ0v) is 21.7. The van der Waals surface area contributed by atoms with Crippen LogP contribution in [-0.4, -0.2) is 63.0 Å². The smallest absolute Gasteiger partial charge is 0.263 e. The van der Waals surface area contributed by atoms with Crippen LogP contribution in [0.25, 0.3) is 21.3 Å². The molecule has 0 spiro atoms. The molecule has 1 aromatic carbocycles. The van der Waals surface area contributed by atoms with Crippen molar-refractivity contribution >= 4 is 49.3 Å². The van der Waals surface area contributed by atoms with Gasteiger partial charge in [0.2, 0.25) is 11.8 Å². The SMILES string of the molecule is CC1(F)CN(C(=O)Cn2cnc3sc(C#CCN4CCCC4=O)c(-c4ccc(F)c(Br)c4)c3c2=O)C1. The van der Waals surface area contributed by atoms with E-state index in [-0.39, 0.29) is 47.9 Å². The van der Waals surface area contributed by atoms with Gasteiger partial charge in [0.25, 0.3) is 5.56 Å². The number of carbonyl (C=O) groups is 2. The summed E-state index contributed by atoms with van der Waals surface area (Å²) in [5.41, 5.74) is -0.788. The number of aromatic nitrogens is 2. The monoisotopic (exact) mass is 574 g/mol. The van der Waals surface area contributed by atoms with Crippen LogP contribution >= 0.6 is 27.3 Å². The fourth-order valence-electron chi connectivity index (χ4n) is 4.41. The average molecular weight is 575 g/mol. The van der Waals surface area contributed by atoms with Crippen molar-refractivity contribution in [3.63, 3.8) is 0 Å². The predicted molar refractivity (Wildman–Crippen MR) is 136 cm³/mol. The summed E-state index contributed by atoms with van der Waals surface area (Å²) in [4.78, 5) is 46.4. The number of carbonyl (C=O) groups excluding carboxylic acids is 2. The zero-order chi connectivity index (χ0) is 25.6. The van der Waals surface area contributed by atoms with Crippen molar-refractivity contribution in [2.24, 2.45) is 0 Å². The summed E-state index contributed by atoms with van der Waals surface area (Å²) < 4.78 is 29.2. The first-order valence-corrected chi connectivity index (χ1v) is 12.9. The van der Waals surface area contributed by atoms with Gasteiger partial charge in [-0.25, -0.2) is 13.8 Å². The van der Waals surface area contributed by atoms with Gasteiger partial charge in [-0.15, -0.1) is 11.3 Å². The highest BCUT2D eigenvalue weighted by molar-refractivity contribution is 9.10. The predicted octanol–water partition coefficient (Wildman–Crippen LogP) is 3.57. The molecule has 0 aliphatic carbocycles. The molecule has 4 heterocycles. The molecule has 0 bridgehead atoms. The number of hydrogen-bond acceptors (Lipinski definition) is 5. The summed E-state index contributed by atoms with van der Waals surface area (Å²) in [6.45, 7) is 2.08. The maximum absolute atomic E-state index is 14.0. The fraction of sp³-hybridized carbons (Fsp3) is 0.360. The molecule has 36 heavy (non-hydrogen) atoms. The van der Waals surface area contributed by atoms with Crippen LogP contribution < -0.4 is 5.56 Å². The summed E-state index contributed by atoms with van der Waals surface area (Å²) in [5, 5.41) is 0.272. The molecule has 2 amide bonds. The fourth-order valence-corrected chi connectivity index (χ4v) is 5.82. The van der Waals surface area contributed by atoms with E-state index in [1.165, 1.54) is 40.1 Å². The number of hydrogen-bond donors (Lipinski definition) is 0. The summed E-state index contributed by atoms with van der Waals surface area (Å²) in [7, 11) is 0. The molecule has 5 rings (SSSR count). The molecule has 0 N–H and O–H groups in total. The number of nitrogens with zero attached hydrogens (tertiary/aromatic N) is 4. The third kappa shape index (κ3) is 4.67. The van der Waals surface area contributed by atoms with Crippen LogP contribution in [-0.2, 0) is 16.1 Å². The number of rotatable bonds is 4. The number of amides is 2. The number of benzene rings is 1. The van der Waals surface area contributed by atoms with Crippen molar-refractivity contribution in [2.45, 2.75) is 32.0 Å². The Labute approximate surface area is 217 Å². The topological polar surface area (TPSA) is 75.5 Å².